The Kier molecular flexibility index (Phi) is 5.79. The zero-order valence-corrected chi connectivity index (χ0v) is 14.5. The molecule has 1 aromatic heterocycles. The zero-order valence-electron chi connectivity index (χ0n) is 14.5. The Morgan fingerprint density at radius 3 is 2.68 bits per heavy atom. The molecule has 0 bridgehead atoms. The molecule has 2 aromatic rings. The van der Waals surface area contributed by atoms with Gasteiger partial charge < -0.3 is 10.4 Å². The average molecular weight is 339 g/mol. The summed E-state index contributed by atoms with van der Waals surface area (Å²) in [5.41, 5.74) is 2.18. The van der Waals surface area contributed by atoms with Crippen LogP contribution in [0.5, 0.6) is 0 Å². The maximum atomic E-state index is 12.5. The quantitative estimate of drug-likeness (QED) is 0.811. The Morgan fingerprint density at radius 1 is 1.28 bits per heavy atom. The van der Waals surface area contributed by atoms with Crippen molar-refractivity contribution in [2.45, 2.75) is 31.5 Å². The number of aliphatic hydroxyl groups excluding tert-OH is 1. The number of pyridine rings is 1. The van der Waals surface area contributed by atoms with E-state index >= 15 is 0 Å². The monoisotopic (exact) mass is 339 g/mol. The summed E-state index contributed by atoms with van der Waals surface area (Å²) in [5, 5.41) is 12.8. The number of likely N-dealkylation sites (N-methyl/N-ethyl adjacent to an activating group) is 1. The van der Waals surface area contributed by atoms with Gasteiger partial charge in [0.25, 0.3) is 0 Å². The van der Waals surface area contributed by atoms with E-state index in [9.17, 15) is 9.90 Å². The lowest BCUT2D eigenvalue weighted by atomic mass is 9.75. The Bertz CT molecular complexity index is 672. The van der Waals surface area contributed by atoms with Gasteiger partial charge in [0, 0.05) is 18.9 Å². The summed E-state index contributed by atoms with van der Waals surface area (Å²) in [4.78, 5) is 18.6. The molecule has 1 heterocycles. The summed E-state index contributed by atoms with van der Waals surface area (Å²) in [7, 11) is 1.93. The molecule has 1 saturated carbocycles. The van der Waals surface area contributed by atoms with Crippen LogP contribution in [0.15, 0.2) is 54.9 Å². The predicted molar refractivity (Wildman–Crippen MR) is 96.6 cm³/mol. The van der Waals surface area contributed by atoms with E-state index in [4.69, 9.17) is 0 Å². The minimum atomic E-state index is -0.235. The van der Waals surface area contributed by atoms with Crippen molar-refractivity contribution in [1.82, 2.24) is 15.2 Å². The van der Waals surface area contributed by atoms with Crippen LogP contribution >= 0.6 is 0 Å². The largest absolute Gasteiger partial charge is 0.393 e. The summed E-state index contributed by atoms with van der Waals surface area (Å²) in [6.07, 6.45) is 4.81. The molecule has 1 fully saturated rings. The van der Waals surface area contributed by atoms with Gasteiger partial charge in [-0.3, -0.25) is 14.7 Å². The summed E-state index contributed by atoms with van der Waals surface area (Å²) in [6.45, 7) is 1.01. The highest BCUT2D eigenvalue weighted by Gasteiger charge is 2.35. The van der Waals surface area contributed by atoms with E-state index < -0.39 is 0 Å². The molecule has 1 aliphatic rings. The smallest absolute Gasteiger partial charge is 0.234 e. The number of aliphatic hydroxyl groups is 1. The van der Waals surface area contributed by atoms with E-state index in [0.29, 0.717) is 19.0 Å². The number of nitrogens with zero attached hydrogens (tertiary/aromatic N) is 2. The van der Waals surface area contributed by atoms with Crippen LogP contribution in [0.25, 0.3) is 0 Å². The number of nitrogens with one attached hydrogen (secondary N) is 1. The second-order valence-corrected chi connectivity index (χ2v) is 6.87. The second kappa shape index (κ2) is 8.23. The van der Waals surface area contributed by atoms with Crippen molar-refractivity contribution in [3.05, 3.63) is 66.0 Å². The van der Waals surface area contributed by atoms with Gasteiger partial charge >= 0.3 is 0 Å². The van der Waals surface area contributed by atoms with Gasteiger partial charge in [-0.15, -0.1) is 0 Å². The first-order valence-corrected chi connectivity index (χ1v) is 8.71. The third kappa shape index (κ3) is 4.87. The first kappa shape index (κ1) is 17.6. The van der Waals surface area contributed by atoms with Crippen molar-refractivity contribution < 1.29 is 9.90 Å². The molecule has 1 aromatic carbocycles. The molecule has 5 heteroatoms. The van der Waals surface area contributed by atoms with E-state index in [1.165, 1.54) is 0 Å². The summed E-state index contributed by atoms with van der Waals surface area (Å²) < 4.78 is 0. The third-order valence-electron chi connectivity index (χ3n) is 4.69. The first-order valence-electron chi connectivity index (χ1n) is 8.71. The molecule has 5 nitrogen and oxygen atoms in total. The molecule has 25 heavy (non-hydrogen) atoms. The highest BCUT2D eigenvalue weighted by Crippen LogP contribution is 2.37. The van der Waals surface area contributed by atoms with Gasteiger partial charge in [-0.1, -0.05) is 36.4 Å². The average Bonchev–Trinajstić information content (AvgIpc) is 2.59. The number of amides is 1. The summed E-state index contributed by atoms with van der Waals surface area (Å²) >= 11 is 0. The van der Waals surface area contributed by atoms with E-state index in [-0.39, 0.29) is 18.1 Å². The van der Waals surface area contributed by atoms with Crippen LogP contribution in [0.4, 0.5) is 0 Å². The molecular weight excluding hydrogens is 314 g/mol. The van der Waals surface area contributed by atoms with Gasteiger partial charge in [0.15, 0.2) is 0 Å². The first-order chi connectivity index (χ1) is 12.1. The molecule has 1 aliphatic carbocycles. The van der Waals surface area contributed by atoms with Gasteiger partial charge in [0.2, 0.25) is 5.91 Å². The molecule has 1 unspecified atom stereocenters. The number of hydrogen-bond donors (Lipinski definition) is 2. The Hall–Kier alpha value is -2.24. The number of carbonyl (C=O) groups excluding carboxylic acids is 1. The van der Waals surface area contributed by atoms with Crippen molar-refractivity contribution in [1.29, 1.82) is 0 Å². The predicted octanol–water partition coefficient (Wildman–Crippen LogP) is 2.14. The molecule has 0 spiro atoms. The van der Waals surface area contributed by atoms with Crippen LogP contribution in [-0.4, -0.2) is 40.6 Å². The molecule has 3 rings (SSSR count). The number of benzene rings is 1. The highest BCUT2D eigenvalue weighted by molar-refractivity contribution is 5.78. The van der Waals surface area contributed by atoms with E-state index in [0.717, 1.165) is 24.0 Å². The topological polar surface area (TPSA) is 65.5 Å². The second-order valence-electron chi connectivity index (χ2n) is 6.87. The lowest BCUT2D eigenvalue weighted by molar-refractivity contribution is -0.124. The van der Waals surface area contributed by atoms with Gasteiger partial charge in [-0.25, -0.2) is 0 Å². The maximum Gasteiger partial charge on any atom is 0.234 e. The van der Waals surface area contributed by atoms with Crippen molar-refractivity contribution in [2.75, 3.05) is 13.6 Å². The van der Waals surface area contributed by atoms with Crippen LogP contribution in [-0.2, 0) is 11.3 Å². The Balaban J connectivity index is 1.58. The fraction of sp³-hybridized carbons (Fsp3) is 0.400. The van der Waals surface area contributed by atoms with Gasteiger partial charge in [-0.05, 0) is 43.0 Å². The normalized spacial score (nSPS) is 20.8. The Morgan fingerprint density at radius 2 is 2.04 bits per heavy atom. The standard InChI is InChI=1S/C20H25N3O2/c1-23(13-15-6-5-9-21-12-15)14-19(25)22-20(17-10-18(24)11-17)16-7-3-2-4-8-16/h2-9,12,17-18,20,24H,10-11,13-14H2,1H3,(H,22,25). The molecule has 0 radical (unpaired) electrons. The van der Waals surface area contributed by atoms with Gasteiger partial charge in [-0.2, -0.15) is 0 Å². The molecule has 0 saturated heterocycles. The highest BCUT2D eigenvalue weighted by atomic mass is 16.3. The number of rotatable bonds is 7. The molecule has 1 atom stereocenters. The molecule has 0 aliphatic heterocycles. The summed E-state index contributed by atoms with van der Waals surface area (Å²) in [6, 6.07) is 13.9. The lowest BCUT2D eigenvalue weighted by Crippen LogP contribution is -2.44. The summed E-state index contributed by atoms with van der Waals surface area (Å²) in [5.74, 6) is 0.298. The SMILES string of the molecule is CN(CC(=O)NC(c1ccccc1)C1CC(O)C1)Cc1cccnc1. The van der Waals surface area contributed by atoms with Crippen molar-refractivity contribution in [3.63, 3.8) is 0 Å². The molecular formula is C20H25N3O2. The number of aromatic nitrogens is 1. The van der Waals surface area contributed by atoms with Crippen LogP contribution in [0, 0.1) is 5.92 Å². The Labute approximate surface area is 148 Å². The maximum absolute atomic E-state index is 12.5. The van der Waals surface area contributed by atoms with Crippen LogP contribution in [0.2, 0.25) is 0 Å². The van der Waals surface area contributed by atoms with Gasteiger partial charge in [0.05, 0.1) is 18.7 Å². The fourth-order valence-corrected chi connectivity index (χ4v) is 3.36. The molecule has 1 amide bonds. The fourth-order valence-electron chi connectivity index (χ4n) is 3.36. The van der Waals surface area contributed by atoms with Crippen LogP contribution in [0.3, 0.4) is 0 Å². The van der Waals surface area contributed by atoms with Crippen molar-refractivity contribution in [3.8, 4) is 0 Å². The zero-order chi connectivity index (χ0) is 17.6. The van der Waals surface area contributed by atoms with Crippen molar-refractivity contribution >= 4 is 5.91 Å². The minimum Gasteiger partial charge on any atom is -0.393 e. The number of carbonyl (C=O) groups is 1. The third-order valence-corrected chi connectivity index (χ3v) is 4.69. The number of hydrogen-bond acceptors (Lipinski definition) is 4. The van der Waals surface area contributed by atoms with E-state index in [1.807, 2.05) is 60.6 Å². The van der Waals surface area contributed by atoms with Gasteiger partial charge in [0.1, 0.15) is 0 Å². The van der Waals surface area contributed by atoms with Crippen LogP contribution in [0.1, 0.15) is 30.0 Å². The molecule has 2 N–H and O–H groups in total. The van der Waals surface area contributed by atoms with E-state index in [1.54, 1.807) is 6.20 Å². The lowest BCUT2D eigenvalue weighted by Gasteiger charge is -2.38. The van der Waals surface area contributed by atoms with Crippen molar-refractivity contribution in [2.24, 2.45) is 5.92 Å². The van der Waals surface area contributed by atoms with E-state index in [2.05, 4.69) is 10.3 Å². The minimum absolute atomic E-state index is 0.00151. The van der Waals surface area contributed by atoms with Crippen LogP contribution < -0.4 is 5.32 Å². The molecule has 132 valence electrons.